The molecule has 23 heavy (non-hydrogen) atoms. The number of rotatable bonds is 7. The Kier molecular flexibility index (Phi) is 5.31. The van der Waals surface area contributed by atoms with E-state index in [1.54, 1.807) is 6.20 Å². The lowest BCUT2D eigenvalue weighted by molar-refractivity contribution is -0.142. The van der Waals surface area contributed by atoms with Gasteiger partial charge in [-0.3, -0.25) is 4.79 Å². The number of carbonyl (C=O) groups excluding carboxylic acids is 1. The maximum Gasteiger partial charge on any atom is 0.326 e. The third-order valence-corrected chi connectivity index (χ3v) is 3.67. The molecule has 0 fully saturated rings. The fraction of sp³-hybridized carbons (Fsp3) is 0.375. The maximum atomic E-state index is 12.3. The molecular formula is C16H18F2N2O3. The van der Waals surface area contributed by atoms with Crippen molar-refractivity contribution >= 4 is 22.8 Å². The Hall–Kier alpha value is -2.44. The van der Waals surface area contributed by atoms with E-state index in [0.717, 1.165) is 22.9 Å². The standard InChI is InChI=1S/C16H18F2N2O3/c1-2-9-4-3-5-11-10(8-19-15(9)11)6-14(21)20-12(16(22)23)7-13(17)18/h3-5,8,12-13,19H,2,6-7H2,1H3,(H,20,21)(H,22,23). The molecule has 1 atom stereocenters. The number of halogens is 2. The maximum absolute atomic E-state index is 12.3. The minimum absolute atomic E-state index is 0.0693. The van der Waals surface area contributed by atoms with E-state index in [-0.39, 0.29) is 6.42 Å². The van der Waals surface area contributed by atoms with Crippen LogP contribution in [0.4, 0.5) is 8.78 Å². The summed E-state index contributed by atoms with van der Waals surface area (Å²) in [6.07, 6.45) is -1.25. The fourth-order valence-corrected chi connectivity index (χ4v) is 2.53. The highest BCUT2D eigenvalue weighted by molar-refractivity contribution is 5.91. The predicted molar refractivity (Wildman–Crippen MR) is 81.6 cm³/mol. The zero-order chi connectivity index (χ0) is 17.0. The number of hydrogen-bond acceptors (Lipinski definition) is 2. The molecule has 0 aliphatic heterocycles. The normalized spacial score (nSPS) is 12.5. The molecule has 0 aliphatic rings. The number of fused-ring (bicyclic) bond motifs is 1. The molecule has 5 nitrogen and oxygen atoms in total. The second-order valence-electron chi connectivity index (χ2n) is 5.27. The average Bonchev–Trinajstić information content (AvgIpc) is 2.89. The van der Waals surface area contributed by atoms with Crippen LogP contribution in [0, 0.1) is 0 Å². The Morgan fingerprint density at radius 2 is 2.04 bits per heavy atom. The van der Waals surface area contributed by atoms with Crippen LogP contribution in [0.3, 0.4) is 0 Å². The van der Waals surface area contributed by atoms with Gasteiger partial charge in [0.1, 0.15) is 6.04 Å². The minimum atomic E-state index is -2.79. The Morgan fingerprint density at radius 3 is 2.65 bits per heavy atom. The van der Waals surface area contributed by atoms with Crippen LogP contribution in [0.25, 0.3) is 10.9 Å². The number of hydrogen-bond donors (Lipinski definition) is 3. The van der Waals surface area contributed by atoms with Crippen LogP contribution in [-0.4, -0.2) is 34.4 Å². The molecule has 0 saturated carbocycles. The second kappa shape index (κ2) is 7.21. The number of aliphatic carboxylic acids is 1. The summed E-state index contributed by atoms with van der Waals surface area (Å²) in [6, 6.07) is 4.14. The molecule has 0 radical (unpaired) electrons. The molecule has 3 N–H and O–H groups in total. The van der Waals surface area contributed by atoms with E-state index in [1.165, 1.54) is 0 Å². The van der Waals surface area contributed by atoms with Crippen molar-refractivity contribution in [1.82, 2.24) is 10.3 Å². The molecule has 1 heterocycles. The van der Waals surface area contributed by atoms with Gasteiger partial charge >= 0.3 is 5.97 Å². The van der Waals surface area contributed by atoms with E-state index >= 15 is 0 Å². The second-order valence-corrected chi connectivity index (χ2v) is 5.27. The topological polar surface area (TPSA) is 82.2 Å². The minimum Gasteiger partial charge on any atom is -0.480 e. The molecule has 1 amide bonds. The molecule has 7 heteroatoms. The van der Waals surface area contributed by atoms with E-state index in [0.29, 0.717) is 5.56 Å². The van der Waals surface area contributed by atoms with Gasteiger partial charge in [-0.15, -0.1) is 0 Å². The zero-order valence-electron chi connectivity index (χ0n) is 12.6. The number of para-hydroxylation sites is 1. The quantitative estimate of drug-likeness (QED) is 0.732. The van der Waals surface area contributed by atoms with Gasteiger partial charge in [0.15, 0.2) is 0 Å². The Labute approximate surface area is 131 Å². The summed E-state index contributed by atoms with van der Waals surface area (Å²) in [5.74, 6) is -2.06. The van der Waals surface area contributed by atoms with Crippen LogP contribution < -0.4 is 5.32 Å². The lowest BCUT2D eigenvalue weighted by atomic mass is 10.1. The number of nitrogens with one attached hydrogen (secondary N) is 2. The van der Waals surface area contributed by atoms with Gasteiger partial charge < -0.3 is 15.4 Å². The first-order valence-corrected chi connectivity index (χ1v) is 7.30. The molecule has 1 aromatic heterocycles. The van der Waals surface area contributed by atoms with Gasteiger partial charge in [-0.25, -0.2) is 13.6 Å². The fourth-order valence-electron chi connectivity index (χ4n) is 2.53. The van der Waals surface area contributed by atoms with Crippen molar-refractivity contribution in [3.63, 3.8) is 0 Å². The van der Waals surface area contributed by atoms with Gasteiger partial charge in [0.05, 0.1) is 6.42 Å². The van der Waals surface area contributed by atoms with Crippen molar-refractivity contribution in [2.45, 2.75) is 38.7 Å². The highest BCUT2D eigenvalue weighted by Crippen LogP contribution is 2.22. The van der Waals surface area contributed by atoms with Gasteiger partial charge in [-0.2, -0.15) is 0 Å². The van der Waals surface area contributed by atoms with Crippen molar-refractivity contribution in [1.29, 1.82) is 0 Å². The van der Waals surface area contributed by atoms with Crippen LogP contribution in [0.1, 0.15) is 24.5 Å². The van der Waals surface area contributed by atoms with E-state index < -0.39 is 30.8 Å². The summed E-state index contributed by atoms with van der Waals surface area (Å²) in [5.41, 5.74) is 2.74. The summed E-state index contributed by atoms with van der Waals surface area (Å²) in [5, 5.41) is 11.9. The first-order chi connectivity index (χ1) is 10.9. The highest BCUT2D eigenvalue weighted by Gasteiger charge is 2.24. The number of amides is 1. The van der Waals surface area contributed by atoms with Gasteiger partial charge in [0, 0.05) is 23.5 Å². The number of alkyl halides is 2. The van der Waals surface area contributed by atoms with E-state index in [1.807, 2.05) is 25.1 Å². The molecule has 0 spiro atoms. The first kappa shape index (κ1) is 16.9. The summed E-state index contributed by atoms with van der Waals surface area (Å²) in [4.78, 5) is 26.0. The largest absolute Gasteiger partial charge is 0.480 e. The number of carbonyl (C=O) groups is 2. The molecule has 0 bridgehead atoms. The van der Waals surface area contributed by atoms with Crippen molar-refractivity contribution in [2.75, 3.05) is 0 Å². The highest BCUT2D eigenvalue weighted by atomic mass is 19.3. The number of benzene rings is 1. The summed E-state index contributed by atoms with van der Waals surface area (Å²) < 4.78 is 24.7. The van der Waals surface area contributed by atoms with Crippen LogP contribution in [-0.2, 0) is 22.4 Å². The van der Waals surface area contributed by atoms with Gasteiger partial charge in [0.25, 0.3) is 0 Å². The molecule has 124 valence electrons. The first-order valence-electron chi connectivity index (χ1n) is 7.30. The smallest absolute Gasteiger partial charge is 0.326 e. The van der Waals surface area contributed by atoms with Gasteiger partial charge in [0.2, 0.25) is 12.3 Å². The monoisotopic (exact) mass is 324 g/mol. The van der Waals surface area contributed by atoms with Crippen molar-refractivity contribution in [3.8, 4) is 0 Å². The third-order valence-electron chi connectivity index (χ3n) is 3.67. The summed E-state index contributed by atoms with van der Waals surface area (Å²) in [6.45, 7) is 2.02. The molecule has 1 aromatic carbocycles. The van der Waals surface area contributed by atoms with Gasteiger partial charge in [-0.1, -0.05) is 25.1 Å². The van der Waals surface area contributed by atoms with Crippen molar-refractivity contribution in [2.24, 2.45) is 0 Å². The zero-order valence-corrected chi connectivity index (χ0v) is 12.6. The summed E-state index contributed by atoms with van der Waals surface area (Å²) in [7, 11) is 0. The number of aromatic nitrogens is 1. The lowest BCUT2D eigenvalue weighted by Gasteiger charge is -2.13. The number of carboxylic acids is 1. The molecule has 2 rings (SSSR count). The number of aryl methyl sites for hydroxylation is 1. The average molecular weight is 324 g/mol. The summed E-state index contributed by atoms with van der Waals surface area (Å²) >= 11 is 0. The van der Waals surface area contributed by atoms with Gasteiger partial charge in [-0.05, 0) is 17.5 Å². The lowest BCUT2D eigenvalue weighted by Crippen LogP contribution is -2.42. The molecular weight excluding hydrogens is 306 g/mol. The third kappa shape index (κ3) is 4.06. The Morgan fingerprint density at radius 1 is 1.30 bits per heavy atom. The van der Waals surface area contributed by atoms with Crippen LogP contribution in [0.15, 0.2) is 24.4 Å². The Bertz CT molecular complexity index is 712. The predicted octanol–water partition coefficient (Wildman–Crippen LogP) is 2.50. The number of carboxylic acid groups (broad SMARTS) is 1. The van der Waals surface area contributed by atoms with E-state index in [4.69, 9.17) is 5.11 Å². The van der Waals surface area contributed by atoms with E-state index in [9.17, 15) is 18.4 Å². The number of H-pyrrole nitrogens is 1. The SMILES string of the molecule is CCc1cccc2c(CC(=O)NC(CC(F)F)C(=O)O)c[nH]c12. The van der Waals surface area contributed by atoms with Crippen molar-refractivity contribution < 1.29 is 23.5 Å². The van der Waals surface area contributed by atoms with Crippen LogP contribution in [0.2, 0.25) is 0 Å². The molecule has 1 unspecified atom stereocenters. The number of aromatic amines is 1. The molecule has 2 aromatic rings. The van der Waals surface area contributed by atoms with Crippen molar-refractivity contribution in [3.05, 3.63) is 35.5 Å². The Balaban J connectivity index is 2.12. The molecule has 0 saturated heterocycles. The molecule has 0 aliphatic carbocycles. The van der Waals surface area contributed by atoms with E-state index in [2.05, 4.69) is 10.3 Å². The van der Waals surface area contributed by atoms with Crippen LogP contribution in [0.5, 0.6) is 0 Å². The van der Waals surface area contributed by atoms with Crippen LogP contribution >= 0.6 is 0 Å².